The maximum absolute atomic E-state index is 12.8. The maximum atomic E-state index is 12.8. The van der Waals surface area contributed by atoms with Gasteiger partial charge in [0.2, 0.25) is 5.91 Å². The van der Waals surface area contributed by atoms with Gasteiger partial charge in [0.05, 0.1) is 13.2 Å². The van der Waals surface area contributed by atoms with Crippen molar-refractivity contribution in [2.75, 3.05) is 46.4 Å². The van der Waals surface area contributed by atoms with Gasteiger partial charge in [0.25, 0.3) is 5.91 Å². The van der Waals surface area contributed by atoms with E-state index in [9.17, 15) is 9.59 Å². The zero-order valence-corrected chi connectivity index (χ0v) is 16.9. The molecular weight excluding hydrogens is 342 g/mol. The zero-order chi connectivity index (χ0) is 20.0. The Labute approximate surface area is 162 Å². The fourth-order valence-corrected chi connectivity index (χ4v) is 3.32. The van der Waals surface area contributed by atoms with Crippen LogP contribution in [0, 0.1) is 0 Å². The number of rotatable bonds is 7. The molecule has 1 atom stereocenters. The summed E-state index contributed by atoms with van der Waals surface area (Å²) < 4.78 is 5.14. The van der Waals surface area contributed by atoms with Crippen molar-refractivity contribution in [3.05, 3.63) is 42.0 Å². The highest BCUT2D eigenvalue weighted by atomic mass is 16.5. The van der Waals surface area contributed by atoms with E-state index in [1.165, 1.54) is 0 Å². The number of carbonyl (C=O) groups is 2. The molecule has 0 aliphatic carbocycles. The average Bonchev–Trinajstić information content (AvgIpc) is 2.70. The molecule has 1 aliphatic rings. The van der Waals surface area contributed by atoms with Crippen LogP contribution in [0.15, 0.2) is 36.4 Å². The van der Waals surface area contributed by atoms with Crippen molar-refractivity contribution in [1.82, 2.24) is 14.7 Å². The lowest BCUT2D eigenvalue weighted by molar-refractivity contribution is -0.136. The van der Waals surface area contributed by atoms with E-state index < -0.39 is 0 Å². The van der Waals surface area contributed by atoms with Gasteiger partial charge in [-0.15, -0.1) is 0 Å². The second kappa shape index (κ2) is 9.55. The van der Waals surface area contributed by atoms with Crippen LogP contribution in [0.5, 0.6) is 5.75 Å². The smallest absolute Gasteiger partial charge is 0.253 e. The van der Waals surface area contributed by atoms with Crippen molar-refractivity contribution in [1.29, 1.82) is 0 Å². The first-order valence-electron chi connectivity index (χ1n) is 9.48. The van der Waals surface area contributed by atoms with Crippen molar-refractivity contribution < 1.29 is 14.3 Å². The second-order valence-corrected chi connectivity index (χ2v) is 7.04. The lowest BCUT2D eigenvalue weighted by Crippen LogP contribution is -2.55. The fourth-order valence-electron chi connectivity index (χ4n) is 3.32. The molecule has 0 aromatic heterocycles. The molecule has 1 heterocycles. The third-order valence-electron chi connectivity index (χ3n) is 5.00. The minimum atomic E-state index is -0.192. The molecule has 1 aliphatic heterocycles. The molecule has 6 heteroatoms. The molecular formula is C21H31N3O3. The summed E-state index contributed by atoms with van der Waals surface area (Å²) in [6.45, 7) is 13.7. The monoisotopic (exact) mass is 373 g/mol. The molecule has 2 amide bonds. The summed E-state index contributed by atoms with van der Waals surface area (Å²) in [4.78, 5) is 31.3. The predicted molar refractivity (Wildman–Crippen MR) is 107 cm³/mol. The van der Waals surface area contributed by atoms with Gasteiger partial charge in [0.15, 0.2) is 0 Å². The molecule has 0 saturated carbocycles. The molecule has 1 unspecified atom stereocenters. The number of methoxy groups -OCH3 is 1. The average molecular weight is 373 g/mol. The van der Waals surface area contributed by atoms with Crippen LogP contribution in [0.4, 0.5) is 0 Å². The van der Waals surface area contributed by atoms with Gasteiger partial charge in [-0.3, -0.25) is 14.5 Å². The zero-order valence-electron chi connectivity index (χ0n) is 16.9. The number of hydrogen-bond acceptors (Lipinski definition) is 4. The molecule has 1 saturated heterocycles. The molecule has 27 heavy (non-hydrogen) atoms. The van der Waals surface area contributed by atoms with Gasteiger partial charge < -0.3 is 14.5 Å². The van der Waals surface area contributed by atoms with Crippen LogP contribution in [-0.2, 0) is 4.79 Å². The first-order chi connectivity index (χ1) is 12.9. The van der Waals surface area contributed by atoms with E-state index in [2.05, 4.69) is 11.5 Å². The molecule has 1 fully saturated rings. The van der Waals surface area contributed by atoms with Gasteiger partial charge >= 0.3 is 0 Å². The molecule has 1 aromatic rings. The Balaban J connectivity index is 1.92. The van der Waals surface area contributed by atoms with Crippen LogP contribution in [-0.4, -0.2) is 78.9 Å². The van der Waals surface area contributed by atoms with Gasteiger partial charge in [-0.05, 0) is 45.0 Å². The highest BCUT2D eigenvalue weighted by Gasteiger charge is 2.29. The molecule has 6 nitrogen and oxygen atoms in total. The van der Waals surface area contributed by atoms with E-state index in [-0.39, 0.29) is 17.9 Å². The predicted octanol–water partition coefficient (Wildman–Crippen LogP) is 2.27. The van der Waals surface area contributed by atoms with Crippen LogP contribution in [0.2, 0.25) is 0 Å². The van der Waals surface area contributed by atoms with E-state index in [1.807, 2.05) is 30.6 Å². The number of piperazine rings is 1. The highest BCUT2D eigenvalue weighted by Crippen LogP contribution is 2.16. The minimum Gasteiger partial charge on any atom is -0.497 e. The van der Waals surface area contributed by atoms with Crippen molar-refractivity contribution in [2.45, 2.75) is 26.8 Å². The van der Waals surface area contributed by atoms with Crippen LogP contribution in [0.3, 0.4) is 0 Å². The third kappa shape index (κ3) is 5.32. The number of carbonyl (C=O) groups excluding carboxylic acids is 2. The number of ether oxygens (including phenoxy) is 1. The largest absolute Gasteiger partial charge is 0.497 e. The molecule has 0 radical (unpaired) electrons. The molecule has 0 spiro atoms. The Kier molecular flexibility index (Phi) is 7.42. The van der Waals surface area contributed by atoms with E-state index in [1.54, 1.807) is 31.4 Å². The summed E-state index contributed by atoms with van der Waals surface area (Å²) in [6.07, 6.45) is 0. The quantitative estimate of drug-likeness (QED) is 0.688. The Morgan fingerprint density at radius 2 is 1.78 bits per heavy atom. The maximum Gasteiger partial charge on any atom is 0.253 e. The summed E-state index contributed by atoms with van der Waals surface area (Å²) in [5.41, 5.74) is 1.64. The van der Waals surface area contributed by atoms with Crippen LogP contribution in [0.1, 0.15) is 31.1 Å². The Morgan fingerprint density at radius 3 is 2.26 bits per heavy atom. The second-order valence-electron chi connectivity index (χ2n) is 7.04. The molecule has 1 aromatic carbocycles. The van der Waals surface area contributed by atoms with E-state index in [0.29, 0.717) is 44.8 Å². The molecule has 0 bridgehead atoms. The van der Waals surface area contributed by atoms with Crippen molar-refractivity contribution >= 4 is 11.8 Å². The summed E-state index contributed by atoms with van der Waals surface area (Å²) in [6, 6.07) is 6.98. The summed E-state index contributed by atoms with van der Waals surface area (Å²) in [5.74, 6) is 0.878. The number of benzene rings is 1. The van der Waals surface area contributed by atoms with Crippen molar-refractivity contribution in [3.8, 4) is 5.75 Å². The molecule has 148 valence electrons. The van der Waals surface area contributed by atoms with E-state index in [0.717, 1.165) is 11.3 Å². The highest BCUT2D eigenvalue weighted by molar-refractivity contribution is 5.94. The summed E-state index contributed by atoms with van der Waals surface area (Å²) >= 11 is 0. The number of hydrogen-bond donors (Lipinski definition) is 0. The Hall–Kier alpha value is -2.34. The van der Waals surface area contributed by atoms with Crippen LogP contribution >= 0.6 is 0 Å². The summed E-state index contributed by atoms with van der Waals surface area (Å²) in [7, 11) is 1.61. The van der Waals surface area contributed by atoms with E-state index in [4.69, 9.17) is 4.74 Å². The SMILES string of the molecule is C=C(C)CN(CC)C(=O)C(C)N1CCN(C(=O)c2ccc(OC)cc2)CC1. The first kappa shape index (κ1) is 21.0. The van der Waals surface area contributed by atoms with Crippen LogP contribution < -0.4 is 4.74 Å². The first-order valence-corrected chi connectivity index (χ1v) is 9.48. The third-order valence-corrected chi connectivity index (χ3v) is 5.00. The fraction of sp³-hybridized carbons (Fsp3) is 0.524. The van der Waals surface area contributed by atoms with Gasteiger partial charge in [0.1, 0.15) is 5.75 Å². The Morgan fingerprint density at radius 1 is 1.19 bits per heavy atom. The van der Waals surface area contributed by atoms with Crippen molar-refractivity contribution in [3.63, 3.8) is 0 Å². The van der Waals surface area contributed by atoms with Crippen LogP contribution in [0.25, 0.3) is 0 Å². The standard InChI is InChI=1S/C21H31N3O3/c1-6-22(15-16(2)3)20(25)17(4)23-11-13-24(14-12-23)21(26)18-7-9-19(27-5)10-8-18/h7-10,17H,2,6,11-15H2,1,3-5H3. The normalized spacial score (nSPS) is 15.9. The number of likely N-dealkylation sites (N-methyl/N-ethyl adjacent to an activating group) is 1. The van der Waals surface area contributed by atoms with E-state index >= 15 is 0 Å². The van der Waals surface area contributed by atoms with Gasteiger partial charge in [-0.25, -0.2) is 0 Å². The van der Waals surface area contributed by atoms with Gasteiger partial charge in [-0.1, -0.05) is 12.2 Å². The lowest BCUT2D eigenvalue weighted by atomic mass is 10.1. The lowest BCUT2D eigenvalue weighted by Gasteiger charge is -2.39. The van der Waals surface area contributed by atoms with Gasteiger partial charge in [0, 0.05) is 44.8 Å². The van der Waals surface area contributed by atoms with Gasteiger partial charge in [-0.2, -0.15) is 0 Å². The van der Waals surface area contributed by atoms with Crippen molar-refractivity contribution in [2.24, 2.45) is 0 Å². The molecule has 0 N–H and O–H groups in total. The molecule has 2 rings (SSSR count). The number of amides is 2. The summed E-state index contributed by atoms with van der Waals surface area (Å²) in [5, 5.41) is 0. The number of nitrogens with zero attached hydrogens (tertiary/aromatic N) is 3. The Bertz CT molecular complexity index is 664. The topological polar surface area (TPSA) is 53.1 Å². The minimum absolute atomic E-state index is 0.0220.